The maximum absolute atomic E-state index is 10.5. The Kier molecular flexibility index (Phi) is 6.96. The molecule has 0 radical (unpaired) electrons. The third-order valence-corrected chi connectivity index (χ3v) is 5.03. The van der Waals surface area contributed by atoms with Gasteiger partial charge < -0.3 is 24.2 Å². The molecule has 5 heteroatoms. The molecule has 0 aromatic heterocycles. The molecule has 2 aromatic carbocycles. The average molecular weight is 371 g/mol. The fourth-order valence-corrected chi connectivity index (χ4v) is 3.53. The van der Waals surface area contributed by atoms with Crippen molar-refractivity contribution >= 4 is 0 Å². The lowest BCUT2D eigenvalue weighted by atomic mass is 10.0. The maximum Gasteiger partial charge on any atom is 0.164 e. The number of likely N-dealkylation sites (tertiary alicyclic amines) is 1. The number of piperidine rings is 1. The lowest BCUT2D eigenvalue weighted by Gasteiger charge is -2.36. The molecular formula is C22H29NO4. The molecule has 1 fully saturated rings. The Hall–Kier alpha value is -2.24. The molecule has 0 aliphatic carbocycles. The van der Waals surface area contributed by atoms with E-state index < -0.39 is 6.10 Å². The van der Waals surface area contributed by atoms with Crippen LogP contribution >= 0.6 is 0 Å². The van der Waals surface area contributed by atoms with Crippen LogP contribution in [-0.2, 0) is 6.42 Å². The zero-order valence-electron chi connectivity index (χ0n) is 16.1. The third-order valence-electron chi connectivity index (χ3n) is 5.03. The molecule has 3 rings (SSSR count). The van der Waals surface area contributed by atoms with E-state index in [1.807, 2.05) is 18.2 Å². The third kappa shape index (κ3) is 5.37. The normalized spacial score (nSPS) is 20.3. The molecule has 1 aliphatic rings. The van der Waals surface area contributed by atoms with E-state index in [4.69, 9.17) is 14.2 Å². The molecule has 1 aliphatic heterocycles. The summed E-state index contributed by atoms with van der Waals surface area (Å²) in [5.41, 5.74) is 1.37. The zero-order chi connectivity index (χ0) is 19.1. The number of β-amino-alcohol motifs (C(OH)–C–C–N with tert-alkyl or cyclic N) is 1. The first-order valence-corrected chi connectivity index (χ1v) is 9.52. The van der Waals surface area contributed by atoms with E-state index in [2.05, 4.69) is 29.2 Å². The number of benzene rings is 2. The van der Waals surface area contributed by atoms with Gasteiger partial charge in [-0.1, -0.05) is 30.3 Å². The number of aryl methyl sites for hydroxylation is 1. The fourth-order valence-electron chi connectivity index (χ4n) is 3.53. The van der Waals surface area contributed by atoms with Gasteiger partial charge in [0.2, 0.25) is 0 Å². The van der Waals surface area contributed by atoms with E-state index in [9.17, 15) is 5.11 Å². The van der Waals surface area contributed by atoms with Crippen LogP contribution in [0.4, 0.5) is 0 Å². The molecule has 1 heterocycles. The highest BCUT2D eigenvalue weighted by Gasteiger charge is 2.29. The van der Waals surface area contributed by atoms with Gasteiger partial charge in [-0.2, -0.15) is 0 Å². The second-order valence-corrected chi connectivity index (χ2v) is 6.92. The van der Waals surface area contributed by atoms with Crippen molar-refractivity contribution in [3.8, 4) is 17.2 Å². The monoisotopic (exact) mass is 371 g/mol. The topological polar surface area (TPSA) is 51.2 Å². The van der Waals surface area contributed by atoms with Crippen molar-refractivity contribution in [2.24, 2.45) is 0 Å². The first-order valence-electron chi connectivity index (χ1n) is 9.52. The standard InChI is InChI=1S/C22H29NO4/c1-25-21-11-10-18(15-22(21)26-2)27-20-12-14-23(16-19(20)24)13-6-9-17-7-4-3-5-8-17/h3-5,7-8,10-11,15,19-20,24H,6,9,12-14,16H2,1-2H3/t19-,20-/m1/s1. The van der Waals surface area contributed by atoms with Crippen molar-refractivity contribution in [2.75, 3.05) is 33.9 Å². The van der Waals surface area contributed by atoms with Crippen LogP contribution in [0.2, 0.25) is 0 Å². The number of aliphatic hydroxyl groups excluding tert-OH is 1. The van der Waals surface area contributed by atoms with Crippen LogP contribution in [-0.4, -0.2) is 56.1 Å². The molecule has 0 amide bonds. The van der Waals surface area contributed by atoms with E-state index in [1.165, 1.54) is 5.56 Å². The van der Waals surface area contributed by atoms with Gasteiger partial charge in [0, 0.05) is 19.2 Å². The number of ether oxygens (including phenoxy) is 3. The Labute approximate surface area is 161 Å². The van der Waals surface area contributed by atoms with Gasteiger partial charge in [0.15, 0.2) is 11.5 Å². The highest BCUT2D eigenvalue weighted by atomic mass is 16.5. The highest BCUT2D eigenvalue weighted by molar-refractivity contribution is 5.45. The zero-order valence-corrected chi connectivity index (χ0v) is 16.1. The Morgan fingerprint density at radius 1 is 1.04 bits per heavy atom. The van der Waals surface area contributed by atoms with Gasteiger partial charge in [-0.05, 0) is 43.5 Å². The van der Waals surface area contributed by atoms with E-state index >= 15 is 0 Å². The first kappa shape index (κ1) is 19.5. The molecule has 0 saturated carbocycles. The summed E-state index contributed by atoms with van der Waals surface area (Å²) in [7, 11) is 3.21. The molecule has 0 unspecified atom stereocenters. The summed E-state index contributed by atoms with van der Waals surface area (Å²) >= 11 is 0. The predicted molar refractivity (Wildman–Crippen MR) is 106 cm³/mol. The number of methoxy groups -OCH3 is 2. The van der Waals surface area contributed by atoms with E-state index in [1.54, 1.807) is 20.3 Å². The molecule has 2 atom stereocenters. The Balaban J connectivity index is 1.47. The quantitative estimate of drug-likeness (QED) is 0.773. The van der Waals surface area contributed by atoms with Crippen molar-refractivity contribution in [2.45, 2.75) is 31.5 Å². The Morgan fingerprint density at radius 2 is 1.81 bits per heavy atom. The molecule has 1 N–H and O–H groups in total. The molecule has 2 aromatic rings. The minimum Gasteiger partial charge on any atom is -0.493 e. The summed E-state index contributed by atoms with van der Waals surface area (Å²) in [4.78, 5) is 2.32. The Morgan fingerprint density at radius 3 is 2.52 bits per heavy atom. The van der Waals surface area contributed by atoms with E-state index in [-0.39, 0.29) is 6.10 Å². The maximum atomic E-state index is 10.5. The minimum atomic E-state index is -0.497. The second kappa shape index (κ2) is 9.62. The lowest BCUT2D eigenvalue weighted by molar-refractivity contribution is -0.0254. The summed E-state index contributed by atoms with van der Waals surface area (Å²) in [6.45, 7) is 2.57. The SMILES string of the molecule is COc1ccc(O[C@@H]2CCN(CCCc3ccccc3)C[C@H]2O)cc1OC. The van der Waals surface area contributed by atoms with Gasteiger partial charge in [-0.3, -0.25) is 0 Å². The number of nitrogens with zero attached hydrogens (tertiary/aromatic N) is 1. The molecule has 0 bridgehead atoms. The van der Waals surface area contributed by atoms with Gasteiger partial charge >= 0.3 is 0 Å². The van der Waals surface area contributed by atoms with Crippen LogP contribution in [0.3, 0.4) is 0 Å². The van der Waals surface area contributed by atoms with Gasteiger partial charge in [0.05, 0.1) is 14.2 Å². The van der Waals surface area contributed by atoms with Gasteiger partial charge in [0.25, 0.3) is 0 Å². The number of hydrogen-bond acceptors (Lipinski definition) is 5. The van der Waals surface area contributed by atoms with Crippen molar-refractivity contribution < 1.29 is 19.3 Å². The van der Waals surface area contributed by atoms with Crippen LogP contribution in [0.1, 0.15) is 18.4 Å². The number of hydrogen-bond donors (Lipinski definition) is 1. The van der Waals surface area contributed by atoms with Crippen LogP contribution in [0, 0.1) is 0 Å². The summed E-state index contributed by atoms with van der Waals surface area (Å²) in [6.07, 6.45) is 2.27. The van der Waals surface area contributed by atoms with E-state index in [0.29, 0.717) is 23.8 Å². The summed E-state index contributed by atoms with van der Waals surface area (Å²) in [6, 6.07) is 16.0. The van der Waals surface area contributed by atoms with Gasteiger partial charge in [-0.15, -0.1) is 0 Å². The van der Waals surface area contributed by atoms with Crippen molar-refractivity contribution in [1.29, 1.82) is 0 Å². The predicted octanol–water partition coefficient (Wildman–Crippen LogP) is 3.15. The fraction of sp³-hybridized carbons (Fsp3) is 0.455. The first-order chi connectivity index (χ1) is 13.2. The molecule has 1 saturated heterocycles. The summed E-state index contributed by atoms with van der Waals surface area (Å²) < 4.78 is 16.6. The molecule has 0 spiro atoms. The number of rotatable bonds is 8. The molecular weight excluding hydrogens is 342 g/mol. The van der Waals surface area contributed by atoms with Crippen LogP contribution in [0.25, 0.3) is 0 Å². The lowest BCUT2D eigenvalue weighted by Crippen LogP contribution is -2.49. The van der Waals surface area contributed by atoms with Crippen LogP contribution in [0.15, 0.2) is 48.5 Å². The largest absolute Gasteiger partial charge is 0.493 e. The van der Waals surface area contributed by atoms with Crippen LogP contribution < -0.4 is 14.2 Å². The Bertz CT molecular complexity index is 707. The summed E-state index contributed by atoms with van der Waals surface area (Å²) in [5.74, 6) is 1.98. The van der Waals surface area contributed by atoms with Crippen molar-refractivity contribution in [1.82, 2.24) is 4.90 Å². The summed E-state index contributed by atoms with van der Waals surface area (Å²) in [5, 5.41) is 10.5. The highest BCUT2D eigenvalue weighted by Crippen LogP contribution is 2.32. The second-order valence-electron chi connectivity index (χ2n) is 6.92. The van der Waals surface area contributed by atoms with Gasteiger partial charge in [0.1, 0.15) is 18.0 Å². The number of aliphatic hydroxyl groups is 1. The van der Waals surface area contributed by atoms with E-state index in [0.717, 1.165) is 32.4 Å². The molecule has 146 valence electrons. The molecule has 5 nitrogen and oxygen atoms in total. The van der Waals surface area contributed by atoms with Crippen molar-refractivity contribution in [3.05, 3.63) is 54.1 Å². The van der Waals surface area contributed by atoms with Gasteiger partial charge in [-0.25, -0.2) is 0 Å². The van der Waals surface area contributed by atoms with Crippen molar-refractivity contribution in [3.63, 3.8) is 0 Å². The minimum absolute atomic E-state index is 0.200. The average Bonchev–Trinajstić information content (AvgIpc) is 2.70. The molecule has 27 heavy (non-hydrogen) atoms. The smallest absolute Gasteiger partial charge is 0.164 e. The van der Waals surface area contributed by atoms with Crippen LogP contribution in [0.5, 0.6) is 17.2 Å².